The Bertz CT molecular complexity index is 847. The average molecular weight is 345 g/mol. The summed E-state index contributed by atoms with van der Waals surface area (Å²) < 4.78 is 1.48. The van der Waals surface area contributed by atoms with Crippen molar-refractivity contribution in [1.29, 1.82) is 5.26 Å². The quantitative estimate of drug-likeness (QED) is 0.613. The van der Waals surface area contributed by atoms with Crippen LogP contribution >= 0.6 is 11.6 Å². The minimum atomic E-state index is -1.33. The Morgan fingerprint density at radius 2 is 2.04 bits per heavy atom. The van der Waals surface area contributed by atoms with Crippen LogP contribution in [-0.2, 0) is 16.1 Å². The minimum Gasteiger partial charge on any atom is -0.477 e. The van der Waals surface area contributed by atoms with Crippen molar-refractivity contribution in [2.45, 2.75) is 13.0 Å². The Kier molecular flexibility index (Phi) is 5.35. The van der Waals surface area contributed by atoms with Gasteiger partial charge in [0, 0.05) is 35.3 Å². The molecule has 1 amide bonds. The maximum atomic E-state index is 11.1. The summed E-state index contributed by atoms with van der Waals surface area (Å²) in [6.07, 6.45) is 2.89. The van der Waals surface area contributed by atoms with Crippen LogP contribution in [0, 0.1) is 11.3 Å². The molecule has 2 aromatic rings. The number of carbonyl (C=O) groups excluding carboxylic acids is 1. The lowest BCUT2D eigenvalue weighted by Gasteiger charge is -2.00. The summed E-state index contributed by atoms with van der Waals surface area (Å²) >= 11 is 5.87. The normalized spacial score (nSPS) is 11.1. The van der Waals surface area contributed by atoms with Gasteiger partial charge in [0.05, 0.1) is 5.69 Å². The number of hydrogen-bond acceptors (Lipinski definition) is 4. The second-order valence-electron chi connectivity index (χ2n) is 4.89. The fourth-order valence-corrected chi connectivity index (χ4v) is 2.14. The second kappa shape index (κ2) is 7.44. The number of carboxylic acid groups (broad SMARTS) is 1. The molecule has 3 N–H and O–H groups in total. The van der Waals surface area contributed by atoms with Gasteiger partial charge in [0.15, 0.2) is 0 Å². The van der Waals surface area contributed by atoms with Gasteiger partial charge < -0.3 is 10.8 Å². The molecule has 8 heteroatoms. The van der Waals surface area contributed by atoms with E-state index in [9.17, 15) is 9.59 Å². The predicted molar refractivity (Wildman–Crippen MR) is 87.7 cm³/mol. The monoisotopic (exact) mass is 344 g/mol. The van der Waals surface area contributed by atoms with Crippen molar-refractivity contribution in [2.75, 3.05) is 0 Å². The highest BCUT2D eigenvalue weighted by Crippen LogP contribution is 2.25. The van der Waals surface area contributed by atoms with Crippen molar-refractivity contribution >= 4 is 29.6 Å². The Morgan fingerprint density at radius 3 is 2.58 bits per heavy atom. The number of carbonyl (C=O) groups is 2. The lowest BCUT2D eigenvalue weighted by molar-refractivity contribution is -0.132. The van der Waals surface area contributed by atoms with Crippen LogP contribution in [0.3, 0.4) is 0 Å². The zero-order chi connectivity index (χ0) is 17.7. The number of amides is 1. The molecule has 0 spiro atoms. The lowest BCUT2D eigenvalue weighted by Crippen LogP contribution is -2.14. The number of nitrogens with zero attached hydrogens (tertiary/aromatic N) is 3. The van der Waals surface area contributed by atoms with Crippen molar-refractivity contribution in [3.05, 3.63) is 46.6 Å². The summed E-state index contributed by atoms with van der Waals surface area (Å²) in [4.78, 5) is 22.0. The number of hydrogen-bond donors (Lipinski definition) is 2. The number of carboxylic acids is 1. The van der Waals surface area contributed by atoms with Gasteiger partial charge in [-0.25, -0.2) is 4.79 Å². The molecule has 0 bridgehead atoms. The minimum absolute atomic E-state index is 0.0922. The van der Waals surface area contributed by atoms with Gasteiger partial charge in [-0.15, -0.1) is 0 Å². The van der Waals surface area contributed by atoms with Crippen molar-refractivity contribution in [3.63, 3.8) is 0 Å². The number of primary amides is 1. The number of rotatable bonds is 6. The third-order valence-corrected chi connectivity index (χ3v) is 3.40. The first kappa shape index (κ1) is 17.2. The van der Waals surface area contributed by atoms with E-state index < -0.39 is 17.4 Å². The number of nitriles is 1. The molecule has 0 saturated heterocycles. The number of nitrogens with two attached hydrogens (primary N) is 1. The van der Waals surface area contributed by atoms with E-state index in [2.05, 4.69) is 5.10 Å². The highest BCUT2D eigenvalue weighted by molar-refractivity contribution is 6.30. The SMILES string of the molecule is N#CC(=Cc1cn(CCC(N)=O)nc1-c1ccc(Cl)cc1)C(=O)O. The first-order valence-corrected chi connectivity index (χ1v) is 7.25. The number of aryl methyl sites for hydroxylation is 1. The first-order chi connectivity index (χ1) is 11.4. The molecule has 0 fully saturated rings. The number of halogens is 1. The molecular weight excluding hydrogens is 332 g/mol. The molecule has 0 aliphatic rings. The lowest BCUT2D eigenvalue weighted by atomic mass is 10.1. The van der Waals surface area contributed by atoms with E-state index in [1.54, 1.807) is 36.5 Å². The summed E-state index contributed by atoms with van der Waals surface area (Å²) in [6, 6.07) is 8.44. The van der Waals surface area contributed by atoms with Gasteiger partial charge in [0.2, 0.25) is 5.91 Å². The van der Waals surface area contributed by atoms with Crippen LogP contribution in [0.4, 0.5) is 0 Å². The van der Waals surface area contributed by atoms with Gasteiger partial charge in [-0.05, 0) is 18.2 Å². The van der Waals surface area contributed by atoms with E-state index in [4.69, 9.17) is 27.7 Å². The van der Waals surface area contributed by atoms with Crippen LogP contribution in [0.25, 0.3) is 17.3 Å². The molecular formula is C16H13ClN4O3. The number of benzene rings is 1. The zero-order valence-electron chi connectivity index (χ0n) is 12.4. The van der Waals surface area contributed by atoms with Gasteiger partial charge in [0.25, 0.3) is 0 Å². The first-order valence-electron chi connectivity index (χ1n) is 6.87. The average Bonchev–Trinajstić information content (AvgIpc) is 2.94. The summed E-state index contributed by atoms with van der Waals surface area (Å²) in [6.45, 7) is 0.249. The molecule has 0 atom stereocenters. The van der Waals surface area contributed by atoms with Crippen molar-refractivity contribution in [2.24, 2.45) is 5.73 Å². The third kappa shape index (κ3) is 4.21. The molecule has 1 aromatic carbocycles. The Labute approximate surface area is 142 Å². The standard InChI is InChI=1S/C16H13ClN4O3/c17-13-3-1-10(2-4-13)15-12(7-11(8-18)16(23)24)9-21(20-15)6-5-14(19)22/h1-4,7,9H,5-6H2,(H2,19,22)(H,23,24). The highest BCUT2D eigenvalue weighted by atomic mass is 35.5. The van der Waals surface area contributed by atoms with Gasteiger partial charge in [-0.3, -0.25) is 9.48 Å². The molecule has 0 unspecified atom stereocenters. The smallest absolute Gasteiger partial charge is 0.346 e. The molecule has 0 aliphatic carbocycles. The van der Waals surface area contributed by atoms with Crippen LogP contribution in [-0.4, -0.2) is 26.8 Å². The maximum Gasteiger partial charge on any atom is 0.346 e. The van der Waals surface area contributed by atoms with Crippen LogP contribution < -0.4 is 5.73 Å². The molecule has 2 rings (SSSR count). The van der Waals surface area contributed by atoms with Crippen LogP contribution in [0.1, 0.15) is 12.0 Å². The van der Waals surface area contributed by atoms with E-state index >= 15 is 0 Å². The van der Waals surface area contributed by atoms with Crippen LogP contribution in [0.15, 0.2) is 36.0 Å². The van der Waals surface area contributed by atoms with Crippen LogP contribution in [0.2, 0.25) is 5.02 Å². The van der Waals surface area contributed by atoms with Gasteiger partial charge in [-0.2, -0.15) is 10.4 Å². The Morgan fingerprint density at radius 1 is 1.38 bits per heavy atom. The van der Waals surface area contributed by atoms with Gasteiger partial charge in [0.1, 0.15) is 11.6 Å². The van der Waals surface area contributed by atoms with E-state index in [0.717, 1.165) is 0 Å². The summed E-state index contributed by atoms with van der Waals surface area (Å²) in [7, 11) is 0. The number of aromatic nitrogens is 2. The van der Waals surface area contributed by atoms with Crippen molar-refractivity contribution in [1.82, 2.24) is 9.78 Å². The number of aliphatic carboxylic acids is 1. The molecule has 7 nitrogen and oxygen atoms in total. The fourth-order valence-electron chi connectivity index (χ4n) is 2.01. The Hall–Kier alpha value is -3.11. The summed E-state index contributed by atoms with van der Waals surface area (Å²) in [5, 5.41) is 22.8. The van der Waals surface area contributed by atoms with E-state index in [-0.39, 0.29) is 13.0 Å². The van der Waals surface area contributed by atoms with E-state index in [0.29, 0.717) is 21.8 Å². The van der Waals surface area contributed by atoms with Crippen molar-refractivity contribution in [3.8, 4) is 17.3 Å². The molecule has 0 aliphatic heterocycles. The third-order valence-electron chi connectivity index (χ3n) is 3.15. The molecule has 122 valence electrons. The van der Waals surface area contributed by atoms with Gasteiger partial charge >= 0.3 is 5.97 Å². The van der Waals surface area contributed by atoms with E-state index in [1.165, 1.54) is 10.8 Å². The van der Waals surface area contributed by atoms with Gasteiger partial charge in [-0.1, -0.05) is 23.7 Å². The van der Waals surface area contributed by atoms with Crippen LogP contribution in [0.5, 0.6) is 0 Å². The topological polar surface area (TPSA) is 122 Å². The molecule has 1 heterocycles. The largest absolute Gasteiger partial charge is 0.477 e. The van der Waals surface area contributed by atoms with Crippen molar-refractivity contribution < 1.29 is 14.7 Å². The molecule has 1 aromatic heterocycles. The summed E-state index contributed by atoms with van der Waals surface area (Å²) in [5.41, 5.74) is 6.33. The van der Waals surface area contributed by atoms with E-state index in [1.807, 2.05) is 0 Å². The summed E-state index contributed by atoms with van der Waals surface area (Å²) in [5.74, 6) is -1.80. The highest BCUT2D eigenvalue weighted by Gasteiger charge is 2.14. The maximum absolute atomic E-state index is 11.1. The molecule has 0 radical (unpaired) electrons. The zero-order valence-corrected chi connectivity index (χ0v) is 13.2. The molecule has 0 saturated carbocycles. The Balaban J connectivity index is 2.50. The molecule has 24 heavy (non-hydrogen) atoms. The fraction of sp³-hybridized carbons (Fsp3) is 0.125. The predicted octanol–water partition coefficient (Wildman–Crippen LogP) is 2.07. The second-order valence-corrected chi connectivity index (χ2v) is 5.33.